The van der Waals surface area contributed by atoms with Crippen molar-refractivity contribution < 1.29 is 0 Å². The molecule has 0 radical (unpaired) electrons. The van der Waals surface area contributed by atoms with Gasteiger partial charge in [0.2, 0.25) is 0 Å². The van der Waals surface area contributed by atoms with Gasteiger partial charge in [0.25, 0.3) is 0 Å². The molecule has 1 atom stereocenters. The largest absolute Gasteiger partial charge is 0.306 e. The Morgan fingerprint density at radius 2 is 1.90 bits per heavy atom. The zero-order valence-corrected chi connectivity index (χ0v) is 14.3. The van der Waals surface area contributed by atoms with Crippen LogP contribution in [0.3, 0.4) is 0 Å². The lowest BCUT2D eigenvalue weighted by molar-refractivity contribution is 0.309. The molecule has 0 aromatic carbocycles. The van der Waals surface area contributed by atoms with Gasteiger partial charge in [-0.2, -0.15) is 0 Å². The van der Waals surface area contributed by atoms with Crippen LogP contribution in [0.5, 0.6) is 0 Å². The summed E-state index contributed by atoms with van der Waals surface area (Å²) in [5, 5.41) is 0. The van der Waals surface area contributed by atoms with Crippen molar-refractivity contribution in [2.75, 3.05) is 20.1 Å². The van der Waals surface area contributed by atoms with Crippen LogP contribution in [0.15, 0.2) is 46.6 Å². The normalized spacial score (nSPS) is 25.9. The maximum absolute atomic E-state index is 4.33. The Labute approximate surface area is 131 Å². The molecule has 1 fully saturated rings. The maximum atomic E-state index is 4.33. The summed E-state index contributed by atoms with van der Waals surface area (Å²) in [6, 6.07) is 0. The molecular formula is C20H31N. The SMILES string of the molecule is C=C1CCC(CC)C(=C2CCN(C)CC2)C(/C=C\C)=C1C. The summed E-state index contributed by atoms with van der Waals surface area (Å²) < 4.78 is 0. The Bertz CT molecular complexity index is 480. The first-order chi connectivity index (χ1) is 10.1. The van der Waals surface area contributed by atoms with Crippen LogP contribution in [0.2, 0.25) is 0 Å². The molecule has 21 heavy (non-hydrogen) atoms. The summed E-state index contributed by atoms with van der Waals surface area (Å²) >= 11 is 0. The fourth-order valence-corrected chi connectivity index (χ4v) is 3.72. The smallest absolute Gasteiger partial charge is 0.00159 e. The molecule has 1 heterocycles. The van der Waals surface area contributed by atoms with Crippen LogP contribution in [0.4, 0.5) is 0 Å². The number of allylic oxidation sites excluding steroid dienone is 6. The second kappa shape index (κ2) is 7.26. The minimum Gasteiger partial charge on any atom is -0.306 e. The lowest BCUT2D eigenvalue weighted by Gasteiger charge is -2.30. The molecule has 1 heteroatoms. The van der Waals surface area contributed by atoms with Gasteiger partial charge >= 0.3 is 0 Å². The van der Waals surface area contributed by atoms with Crippen LogP contribution in [0, 0.1) is 5.92 Å². The molecule has 0 bridgehead atoms. The molecule has 1 saturated heterocycles. The standard InChI is InChI=1S/C20H31N/c1-6-8-19-16(4)15(3)9-10-17(7-2)20(19)18-11-13-21(5)14-12-18/h6,8,17H,3,7,9-14H2,1-2,4-5H3/b8-6-. The summed E-state index contributed by atoms with van der Waals surface area (Å²) in [5.74, 6) is 0.712. The molecule has 1 aliphatic carbocycles. The highest BCUT2D eigenvalue weighted by atomic mass is 15.1. The molecule has 1 nitrogen and oxygen atoms in total. The average molecular weight is 285 g/mol. The molecular weight excluding hydrogens is 254 g/mol. The summed E-state index contributed by atoms with van der Waals surface area (Å²) in [6.45, 7) is 13.5. The van der Waals surface area contributed by atoms with Crippen LogP contribution in [0.25, 0.3) is 0 Å². The number of rotatable bonds is 2. The number of hydrogen-bond acceptors (Lipinski definition) is 1. The topological polar surface area (TPSA) is 3.24 Å². The molecule has 0 amide bonds. The molecule has 116 valence electrons. The Balaban J connectivity index is 2.53. The van der Waals surface area contributed by atoms with Crippen LogP contribution in [-0.2, 0) is 0 Å². The van der Waals surface area contributed by atoms with Crippen LogP contribution < -0.4 is 0 Å². The van der Waals surface area contributed by atoms with E-state index in [1.165, 1.54) is 55.5 Å². The van der Waals surface area contributed by atoms with Gasteiger partial charge in [-0.05, 0) is 75.6 Å². The van der Waals surface area contributed by atoms with Gasteiger partial charge in [-0.15, -0.1) is 0 Å². The zero-order chi connectivity index (χ0) is 15.4. The summed E-state index contributed by atoms with van der Waals surface area (Å²) in [6.07, 6.45) is 10.7. The molecule has 0 N–H and O–H groups in total. The monoisotopic (exact) mass is 285 g/mol. The highest BCUT2D eigenvalue weighted by Gasteiger charge is 2.26. The van der Waals surface area contributed by atoms with Crippen molar-refractivity contribution >= 4 is 0 Å². The lowest BCUT2D eigenvalue weighted by atomic mass is 9.81. The summed E-state index contributed by atoms with van der Waals surface area (Å²) in [5.41, 5.74) is 7.61. The van der Waals surface area contributed by atoms with E-state index >= 15 is 0 Å². The molecule has 0 aromatic rings. The Morgan fingerprint density at radius 3 is 2.48 bits per heavy atom. The first-order valence-corrected chi connectivity index (χ1v) is 8.51. The predicted molar refractivity (Wildman–Crippen MR) is 93.4 cm³/mol. The highest BCUT2D eigenvalue weighted by molar-refractivity contribution is 5.53. The van der Waals surface area contributed by atoms with Gasteiger partial charge < -0.3 is 4.90 Å². The van der Waals surface area contributed by atoms with E-state index in [9.17, 15) is 0 Å². The van der Waals surface area contributed by atoms with Crippen LogP contribution in [-0.4, -0.2) is 25.0 Å². The van der Waals surface area contributed by atoms with Crippen molar-refractivity contribution in [3.05, 3.63) is 46.6 Å². The maximum Gasteiger partial charge on any atom is 0.00159 e. The van der Waals surface area contributed by atoms with E-state index in [4.69, 9.17) is 0 Å². The van der Waals surface area contributed by atoms with Crippen molar-refractivity contribution in [1.82, 2.24) is 4.90 Å². The van der Waals surface area contributed by atoms with Crippen molar-refractivity contribution in [1.29, 1.82) is 0 Å². The van der Waals surface area contributed by atoms with E-state index in [2.05, 4.69) is 51.4 Å². The molecule has 0 aromatic heterocycles. The predicted octanol–water partition coefficient (Wildman–Crippen LogP) is 5.28. The van der Waals surface area contributed by atoms with Crippen molar-refractivity contribution in [2.24, 2.45) is 5.92 Å². The van der Waals surface area contributed by atoms with Crippen molar-refractivity contribution in [2.45, 2.75) is 52.9 Å². The molecule has 0 spiro atoms. The van der Waals surface area contributed by atoms with Gasteiger partial charge in [0.05, 0.1) is 0 Å². The molecule has 1 aliphatic heterocycles. The van der Waals surface area contributed by atoms with Gasteiger partial charge in [-0.3, -0.25) is 0 Å². The second-order valence-corrected chi connectivity index (χ2v) is 6.61. The fraction of sp³-hybridized carbons (Fsp3) is 0.600. The van der Waals surface area contributed by atoms with E-state index in [0.29, 0.717) is 5.92 Å². The second-order valence-electron chi connectivity index (χ2n) is 6.61. The number of piperidine rings is 1. The van der Waals surface area contributed by atoms with Crippen molar-refractivity contribution in [3.63, 3.8) is 0 Å². The fourth-order valence-electron chi connectivity index (χ4n) is 3.72. The molecule has 2 aliphatic rings. The Morgan fingerprint density at radius 1 is 1.24 bits per heavy atom. The van der Waals surface area contributed by atoms with Crippen LogP contribution >= 0.6 is 0 Å². The third-order valence-corrected chi connectivity index (χ3v) is 5.22. The summed E-state index contributed by atoms with van der Waals surface area (Å²) in [7, 11) is 2.24. The first-order valence-electron chi connectivity index (χ1n) is 8.51. The lowest BCUT2D eigenvalue weighted by Crippen LogP contribution is -2.27. The third-order valence-electron chi connectivity index (χ3n) is 5.22. The zero-order valence-electron chi connectivity index (χ0n) is 14.3. The van der Waals surface area contributed by atoms with Gasteiger partial charge in [-0.1, -0.05) is 36.8 Å². The number of hydrogen-bond donors (Lipinski definition) is 0. The van der Waals surface area contributed by atoms with Crippen molar-refractivity contribution in [3.8, 4) is 0 Å². The summed E-state index contributed by atoms with van der Waals surface area (Å²) in [4.78, 5) is 2.45. The van der Waals surface area contributed by atoms with E-state index in [1.54, 1.807) is 11.1 Å². The Kier molecular flexibility index (Phi) is 5.64. The van der Waals surface area contributed by atoms with E-state index in [1.807, 2.05) is 0 Å². The average Bonchev–Trinajstić information content (AvgIpc) is 2.60. The number of likely N-dealkylation sites (tertiary alicyclic amines) is 1. The molecule has 2 rings (SSSR count). The van der Waals surface area contributed by atoms with Gasteiger partial charge in [0, 0.05) is 13.1 Å². The van der Waals surface area contributed by atoms with E-state index < -0.39 is 0 Å². The molecule has 0 saturated carbocycles. The van der Waals surface area contributed by atoms with Gasteiger partial charge in [-0.25, -0.2) is 0 Å². The highest BCUT2D eigenvalue weighted by Crippen LogP contribution is 2.40. The van der Waals surface area contributed by atoms with E-state index in [-0.39, 0.29) is 0 Å². The minimum absolute atomic E-state index is 0.712. The number of nitrogens with zero attached hydrogens (tertiary/aromatic N) is 1. The quantitative estimate of drug-likeness (QED) is 0.667. The van der Waals surface area contributed by atoms with Crippen LogP contribution in [0.1, 0.15) is 52.9 Å². The third kappa shape index (κ3) is 3.58. The Hall–Kier alpha value is -1.08. The van der Waals surface area contributed by atoms with Gasteiger partial charge in [0.1, 0.15) is 0 Å². The van der Waals surface area contributed by atoms with Gasteiger partial charge in [0.15, 0.2) is 0 Å². The molecule has 1 unspecified atom stereocenters. The van der Waals surface area contributed by atoms with E-state index in [0.717, 1.165) is 6.42 Å². The first kappa shape index (κ1) is 16.3. The minimum atomic E-state index is 0.712.